The van der Waals surface area contributed by atoms with Gasteiger partial charge in [0.25, 0.3) is 0 Å². The SMILES string of the molecule is CNc1ccnc(-c2cc(C)c(C)cc2C)n1. The maximum atomic E-state index is 4.47. The highest BCUT2D eigenvalue weighted by atomic mass is 15.0. The molecule has 3 heteroatoms. The maximum Gasteiger partial charge on any atom is 0.161 e. The molecule has 0 atom stereocenters. The number of hydrogen-bond acceptors (Lipinski definition) is 3. The molecule has 2 rings (SSSR count). The summed E-state index contributed by atoms with van der Waals surface area (Å²) in [4.78, 5) is 8.81. The second-order valence-electron chi connectivity index (χ2n) is 4.27. The van der Waals surface area contributed by atoms with Gasteiger partial charge < -0.3 is 5.32 Å². The molecule has 0 radical (unpaired) electrons. The van der Waals surface area contributed by atoms with E-state index in [1.807, 2.05) is 13.1 Å². The van der Waals surface area contributed by atoms with Gasteiger partial charge in [0.1, 0.15) is 5.82 Å². The van der Waals surface area contributed by atoms with E-state index >= 15 is 0 Å². The molecule has 88 valence electrons. The van der Waals surface area contributed by atoms with Crippen LogP contribution in [0.4, 0.5) is 5.82 Å². The van der Waals surface area contributed by atoms with Crippen molar-refractivity contribution in [3.63, 3.8) is 0 Å². The fraction of sp³-hybridized carbons (Fsp3) is 0.286. The summed E-state index contributed by atoms with van der Waals surface area (Å²) in [6.45, 7) is 6.33. The van der Waals surface area contributed by atoms with E-state index in [-0.39, 0.29) is 0 Å². The Bertz CT molecular complexity index is 547. The minimum atomic E-state index is 0.775. The predicted octanol–water partition coefficient (Wildman–Crippen LogP) is 3.11. The summed E-state index contributed by atoms with van der Waals surface area (Å²) >= 11 is 0. The Morgan fingerprint density at radius 2 is 1.71 bits per heavy atom. The van der Waals surface area contributed by atoms with Crippen LogP contribution in [0.2, 0.25) is 0 Å². The Morgan fingerprint density at radius 3 is 2.41 bits per heavy atom. The summed E-state index contributed by atoms with van der Waals surface area (Å²) in [5.74, 6) is 1.62. The Kier molecular flexibility index (Phi) is 3.09. The third kappa shape index (κ3) is 2.28. The molecule has 0 aliphatic heterocycles. The van der Waals surface area contributed by atoms with Gasteiger partial charge in [-0.1, -0.05) is 6.07 Å². The van der Waals surface area contributed by atoms with Crippen LogP contribution in [0, 0.1) is 20.8 Å². The minimum Gasteiger partial charge on any atom is -0.373 e. The maximum absolute atomic E-state index is 4.47. The van der Waals surface area contributed by atoms with Crippen molar-refractivity contribution in [2.75, 3.05) is 12.4 Å². The lowest BCUT2D eigenvalue weighted by molar-refractivity contribution is 1.15. The molecule has 0 spiro atoms. The first kappa shape index (κ1) is 11.6. The van der Waals surface area contributed by atoms with E-state index in [1.54, 1.807) is 6.20 Å². The van der Waals surface area contributed by atoms with Crippen molar-refractivity contribution >= 4 is 5.82 Å². The Labute approximate surface area is 102 Å². The van der Waals surface area contributed by atoms with Crippen molar-refractivity contribution < 1.29 is 0 Å². The molecule has 3 nitrogen and oxygen atoms in total. The lowest BCUT2D eigenvalue weighted by atomic mass is 10.0. The predicted molar refractivity (Wildman–Crippen MR) is 71.2 cm³/mol. The number of aromatic nitrogens is 2. The highest BCUT2D eigenvalue weighted by Crippen LogP contribution is 2.24. The van der Waals surface area contributed by atoms with E-state index in [0.717, 1.165) is 17.2 Å². The largest absolute Gasteiger partial charge is 0.373 e. The zero-order valence-electron chi connectivity index (χ0n) is 10.7. The third-order valence-corrected chi connectivity index (χ3v) is 2.99. The molecule has 2 aromatic rings. The van der Waals surface area contributed by atoms with Gasteiger partial charge in [-0.05, 0) is 49.6 Å². The fourth-order valence-corrected chi connectivity index (χ4v) is 1.83. The highest BCUT2D eigenvalue weighted by Gasteiger charge is 2.07. The van der Waals surface area contributed by atoms with E-state index in [4.69, 9.17) is 0 Å². The molecule has 0 amide bonds. The van der Waals surface area contributed by atoms with Gasteiger partial charge in [-0.2, -0.15) is 0 Å². The van der Waals surface area contributed by atoms with Gasteiger partial charge in [-0.15, -0.1) is 0 Å². The third-order valence-electron chi connectivity index (χ3n) is 2.99. The molecule has 0 fully saturated rings. The van der Waals surface area contributed by atoms with Crippen LogP contribution in [0.1, 0.15) is 16.7 Å². The molecule has 0 saturated heterocycles. The number of nitrogens with zero attached hydrogens (tertiary/aromatic N) is 2. The number of rotatable bonds is 2. The molecule has 1 aromatic carbocycles. The van der Waals surface area contributed by atoms with E-state index in [2.05, 4.69) is 48.2 Å². The molecule has 1 N–H and O–H groups in total. The second-order valence-corrected chi connectivity index (χ2v) is 4.27. The quantitative estimate of drug-likeness (QED) is 0.856. The Balaban J connectivity index is 2.56. The molecule has 0 aliphatic rings. The fourth-order valence-electron chi connectivity index (χ4n) is 1.83. The van der Waals surface area contributed by atoms with Crippen LogP contribution in [-0.2, 0) is 0 Å². The monoisotopic (exact) mass is 227 g/mol. The smallest absolute Gasteiger partial charge is 0.161 e. The van der Waals surface area contributed by atoms with Gasteiger partial charge in [-0.3, -0.25) is 0 Å². The summed E-state index contributed by atoms with van der Waals surface area (Å²) in [6, 6.07) is 6.19. The van der Waals surface area contributed by atoms with Gasteiger partial charge in [-0.25, -0.2) is 9.97 Å². The summed E-state index contributed by atoms with van der Waals surface area (Å²) in [7, 11) is 1.86. The van der Waals surface area contributed by atoms with Crippen molar-refractivity contribution in [2.45, 2.75) is 20.8 Å². The van der Waals surface area contributed by atoms with Gasteiger partial charge in [0.05, 0.1) is 0 Å². The van der Waals surface area contributed by atoms with Crippen LogP contribution in [0.3, 0.4) is 0 Å². The molecule has 1 aromatic heterocycles. The summed E-state index contributed by atoms with van der Waals surface area (Å²) in [5.41, 5.74) is 4.88. The van der Waals surface area contributed by atoms with Crippen molar-refractivity contribution in [3.05, 3.63) is 41.1 Å². The molecule has 1 heterocycles. The minimum absolute atomic E-state index is 0.775. The average molecular weight is 227 g/mol. The molecule has 0 bridgehead atoms. The van der Waals surface area contributed by atoms with Crippen molar-refractivity contribution in [3.8, 4) is 11.4 Å². The van der Waals surface area contributed by atoms with Crippen LogP contribution in [-0.4, -0.2) is 17.0 Å². The van der Waals surface area contributed by atoms with Crippen LogP contribution in [0.15, 0.2) is 24.4 Å². The van der Waals surface area contributed by atoms with Gasteiger partial charge in [0, 0.05) is 18.8 Å². The summed E-state index contributed by atoms with van der Waals surface area (Å²) in [5, 5.41) is 3.03. The number of nitrogens with one attached hydrogen (secondary N) is 1. The number of benzene rings is 1. The first-order valence-electron chi connectivity index (χ1n) is 5.71. The lowest BCUT2D eigenvalue weighted by Crippen LogP contribution is -1.97. The molecule has 17 heavy (non-hydrogen) atoms. The molecule has 0 saturated carbocycles. The molecular formula is C14H17N3. The standard InChI is InChI=1S/C14H17N3/c1-9-7-11(3)12(8-10(9)2)14-16-6-5-13(15-4)17-14/h5-8H,1-4H3,(H,15,16,17). The van der Waals surface area contributed by atoms with E-state index in [0.29, 0.717) is 0 Å². The van der Waals surface area contributed by atoms with E-state index in [9.17, 15) is 0 Å². The number of aryl methyl sites for hydroxylation is 3. The highest BCUT2D eigenvalue weighted by molar-refractivity contribution is 5.63. The molecule has 0 aliphatic carbocycles. The Morgan fingerprint density at radius 1 is 1.00 bits per heavy atom. The summed E-state index contributed by atoms with van der Waals surface area (Å²) < 4.78 is 0. The normalized spacial score (nSPS) is 10.4. The van der Waals surface area contributed by atoms with Gasteiger partial charge >= 0.3 is 0 Å². The summed E-state index contributed by atoms with van der Waals surface area (Å²) in [6.07, 6.45) is 1.78. The average Bonchev–Trinajstić information content (AvgIpc) is 2.34. The first-order valence-corrected chi connectivity index (χ1v) is 5.71. The topological polar surface area (TPSA) is 37.8 Å². The van der Waals surface area contributed by atoms with E-state index in [1.165, 1.54) is 16.7 Å². The molecular weight excluding hydrogens is 210 g/mol. The zero-order chi connectivity index (χ0) is 12.4. The van der Waals surface area contributed by atoms with Crippen molar-refractivity contribution in [2.24, 2.45) is 0 Å². The van der Waals surface area contributed by atoms with Crippen molar-refractivity contribution in [1.29, 1.82) is 0 Å². The van der Waals surface area contributed by atoms with Gasteiger partial charge in [0.15, 0.2) is 5.82 Å². The number of anilines is 1. The van der Waals surface area contributed by atoms with Crippen LogP contribution < -0.4 is 5.32 Å². The van der Waals surface area contributed by atoms with E-state index < -0.39 is 0 Å². The Hall–Kier alpha value is -1.90. The van der Waals surface area contributed by atoms with Gasteiger partial charge in [0.2, 0.25) is 0 Å². The lowest BCUT2D eigenvalue weighted by Gasteiger charge is -2.09. The van der Waals surface area contributed by atoms with Crippen molar-refractivity contribution in [1.82, 2.24) is 9.97 Å². The van der Waals surface area contributed by atoms with Crippen LogP contribution in [0.25, 0.3) is 11.4 Å². The first-order chi connectivity index (χ1) is 8.11. The zero-order valence-corrected chi connectivity index (χ0v) is 10.7. The second kappa shape index (κ2) is 4.53. The van der Waals surface area contributed by atoms with Crippen LogP contribution in [0.5, 0.6) is 0 Å². The molecule has 0 unspecified atom stereocenters. The van der Waals surface area contributed by atoms with Crippen LogP contribution >= 0.6 is 0 Å². The number of hydrogen-bond donors (Lipinski definition) is 1.